The van der Waals surface area contributed by atoms with Crippen LogP contribution in [0.3, 0.4) is 0 Å². The largest absolute Gasteiger partial charge is 0.505 e. The van der Waals surface area contributed by atoms with Crippen molar-refractivity contribution in [3.05, 3.63) is 58.7 Å². The van der Waals surface area contributed by atoms with Crippen LogP contribution in [-0.4, -0.2) is 21.6 Å². The van der Waals surface area contributed by atoms with Gasteiger partial charge < -0.3 is 10.1 Å². The molecule has 21 heavy (non-hydrogen) atoms. The number of hydrogen-bond acceptors (Lipinski definition) is 3. The first-order valence-corrected chi connectivity index (χ1v) is 6.68. The average Bonchev–Trinajstić information content (AvgIpc) is 2.99. The number of aliphatic imine (C=N–C) groups is 1. The van der Waals surface area contributed by atoms with Gasteiger partial charge in [-0.2, -0.15) is 0 Å². The summed E-state index contributed by atoms with van der Waals surface area (Å²) in [4.78, 5) is 19.8. The highest BCUT2D eigenvalue weighted by molar-refractivity contribution is 6.57. The number of benzene rings is 2. The van der Waals surface area contributed by atoms with Crippen LogP contribution < -0.4 is 0 Å². The summed E-state index contributed by atoms with van der Waals surface area (Å²) in [5.74, 6) is -0.481. The highest BCUT2D eigenvalue weighted by Gasteiger charge is 2.31. The molecule has 4 nitrogen and oxygen atoms in total. The van der Waals surface area contributed by atoms with E-state index in [0.717, 1.165) is 0 Å². The first-order valence-electron chi connectivity index (χ1n) is 6.80. The third-order valence-corrected chi connectivity index (χ3v) is 3.81. The van der Waals surface area contributed by atoms with Gasteiger partial charge in [0.2, 0.25) is 5.78 Å². The second-order valence-corrected chi connectivity index (χ2v) is 5.14. The molecule has 1 aromatic heterocycles. The Hall–Kier alpha value is -2.59. The van der Waals surface area contributed by atoms with Crippen LogP contribution in [-0.2, 0) is 0 Å². The van der Waals surface area contributed by atoms with Crippen LogP contribution in [0.1, 0.15) is 17.4 Å². The van der Waals surface area contributed by atoms with Crippen molar-refractivity contribution in [3.8, 4) is 5.75 Å². The molecule has 0 saturated carbocycles. The summed E-state index contributed by atoms with van der Waals surface area (Å²) < 4.78 is 7.88. The van der Waals surface area contributed by atoms with E-state index in [-0.39, 0.29) is 29.0 Å². The lowest BCUT2D eigenvalue weighted by atomic mass is 10.1. The van der Waals surface area contributed by atoms with Crippen LogP contribution in [0.2, 0.25) is 5.02 Å². The van der Waals surface area contributed by atoms with Gasteiger partial charge in [-0.05, 0) is 24.2 Å². The van der Waals surface area contributed by atoms with E-state index in [1.807, 2.05) is 0 Å². The Labute approximate surface area is 126 Å². The number of H-pyrrole nitrogens is 1. The molecule has 0 amide bonds. The standard InChI is InChI=1S/C16H9ClN2O2/c17-9-5-3-7-11-12(9)16(21)14(19-11)13-15(20)8-4-1-2-6-10(8)18-13/h1-7,18,20H/i4D. The highest BCUT2D eigenvalue weighted by atomic mass is 35.5. The lowest BCUT2D eigenvalue weighted by Crippen LogP contribution is -2.12. The number of carbonyl (C=O) groups is 1. The molecule has 0 unspecified atom stereocenters. The molecule has 2 N–H and O–H groups in total. The minimum absolute atomic E-state index is 0.108. The fourth-order valence-electron chi connectivity index (χ4n) is 2.52. The van der Waals surface area contributed by atoms with Gasteiger partial charge in [-0.1, -0.05) is 29.8 Å². The number of carbonyl (C=O) groups excluding carboxylic acids is 1. The molecule has 4 rings (SSSR count). The zero-order valence-corrected chi connectivity index (χ0v) is 11.4. The van der Waals surface area contributed by atoms with Crippen LogP contribution >= 0.6 is 11.6 Å². The molecular weight excluding hydrogens is 288 g/mol. The molecule has 0 radical (unpaired) electrons. The monoisotopic (exact) mass is 297 g/mol. The highest BCUT2D eigenvalue weighted by Crippen LogP contribution is 2.37. The van der Waals surface area contributed by atoms with E-state index in [9.17, 15) is 9.90 Å². The van der Waals surface area contributed by atoms with Crippen LogP contribution in [0.5, 0.6) is 5.75 Å². The number of ketones is 1. The van der Waals surface area contributed by atoms with E-state index in [2.05, 4.69) is 9.98 Å². The average molecular weight is 298 g/mol. The molecule has 0 fully saturated rings. The molecule has 2 aromatic carbocycles. The van der Waals surface area contributed by atoms with E-state index in [4.69, 9.17) is 13.0 Å². The van der Waals surface area contributed by atoms with Crippen molar-refractivity contribution < 1.29 is 11.3 Å². The van der Waals surface area contributed by atoms with Crippen molar-refractivity contribution >= 4 is 39.7 Å². The van der Waals surface area contributed by atoms with Gasteiger partial charge in [0, 0.05) is 10.9 Å². The summed E-state index contributed by atoms with van der Waals surface area (Å²) in [5, 5.41) is 11.1. The number of Topliss-reactive ketones (excluding diaryl/α,β-unsaturated/α-hetero) is 1. The predicted molar refractivity (Wildman–Crippen MR) is 81.9 cm³/mol. The third kappa shape index (κ3) is 1.63. The Kier molecular flexibility index (Phi) is 2.22. The molecule has 0 spiro atoms. The molecule has 0 atom stereocenters. The van der Waals surface area contributed by atoms with Gasteiger partial charge in [0.1, 0.15) is 11.4 Å². The van der Waals surface area contributed by atoms with E-state index in [1.54, 1.807) is 36.4 Å². The maximum absolute atomic E-state index is 12.5. The summed E-state index contributed by atoms with van der Waals surface area (Å²) in [7, 11) is 0. The van der Waals surface area contributed by atoms with Crippen molar-refractivity contribution in [2.45, 2.75) is 0 Å². The van der Waals surface area contributed by atoms with Gasteiger partial charge in [0.05, 0.1) is 17.6 Å². The van der Waals surface area contributed by atoms with Crippen molar-refractivity contribution in [1.82, 2.24) is 4.98 Å². The molecule has 1 aliphatic heterocycles. The first-order chi connectivity index (χ1) is 10.6. The van der Waals surface area contributed by atoms with Crippen LogP contribution in [0, 0.1) is 0 Å². The Morgan fingerprint density at radius 2 is 2.10 bits per heavy atom. The Bertz CT molecular complexity index is 991. The minimum atomic E-state index is -0.339. The van der Waals surface area contributed by atoms with Gasteiger partial charge >= 0.3 is 0 Å². The second kappa shape index (κ2) is 4.20. The molecule has 3 aromatic rings. The SMILES string of the molecule is [2H]c1cccc2[nH]c(C3=Nc4cccc(Cl)c4C3=O)c(O)c12. The summed E-state index contributed by atoms with van der Waals surface area (Å²) in [6.07, 6.45) is 0. The molecule has 5 heteroatoms. The van der Waals surface area contributed by atoms with Crippen molar-refractivity contribution in [2.75, 3.05) is 0 Å². The number of aromatic nitrogens is 1. The fraction of sp³-hybridized carbons (Fsp3) is 0. The van der Waals surface area contributed by atoms with Gasteiger partial charge in [-0.25, -0.2) is 4.99 Å². The molecule has 0 bridgehead atoms. The Morgan fingerprint density at radius 3 is 2.86 bits per heavy atom. The molecule has 1 aliphatic rings. The number of rotatable bonds is 1. The van der Waals surface area contributed by atoms with Gasteiger partial charge in [0.25, 0.3) is 0 Å². The number of hydrogen-bond donors (Lipinski definition) is 2. The maximum Gasteiger partial charge on any atom is 0.217 e. The third-order valence-electron chi connectivity index (χ3n) is 3.49. The van der Waals surface area contributed by atoms with E-state index in [0.29, 0.717) is 27.2 Å². The molecule has 0 aliphatic carbocycles. The molecular formula is C16H9ClN2O2. The normalized spacial score (nSPS) is 14.2. The number of para-hydroxylation sites is 1. The summed E-state index contributed by atoms with van der Waals surface area (Å²) in [5.41, 5.74) is 1.72. The fourth-order valence-corrected chi connectivity index (χ4v) is 2.77. The second-order valence-electron chi connectivity index (χ2n) is 4.73. The molecule has 2 heterocycles. The molecule has 102 valence electrons. The number of fused-ring (bicyclic) bond motifs is 2. The van der Waals surface area contributed by atoms with Crippen LogP contribution in [0.4, 0.5) is 5.69 Å². The van der Waals surface area contributed by atoms with E-state index < -0.39 is 0 Å². The zero-order chi connectivity index (χ0) is 15.4. The summed E-state index contributed by atoms with van der Waals surface area (Å²) in [6, 6.07) is 10.2. The number of aromatic hydroxyl groups is 1. The number of nitrogens with one attached hydrogen (secondary N) is 1. The van der Waals surface area contributed by atoms with E-state index in [1.165, 1.54) is 0 Å². The summed E-state index contributed by atoms with van der Waals surface area (Å²) >= 11 is 6.06. The van der Waals surface area contributed by atoms with E-state index >= 15 is 0 Å². The zero-order valence-electron chi connectivity index (χ0n) is 11.6. The Balaban J connectivity index is 1.95. The minimum Gasteiger partial charge on any atom is -0.505 e. The number of halogens is 1. The lowest BCUT2D eigenvalue weighted by Gasteiger charge is -1.99. The first kappa shape index (κ1) is 11.1. The van der Waals surface area contributed by atoms with Gasteiger partial charge in [0.15, 0.2) is 5.75 Å². The van der Waals surface area contributed by atoms with Crippen molar-refractivity contribution in [3.63, 3.8) is 0 Å². The quantitative estimate of drug-likeness (QED) is 0.716. The lowest BCUT2D eigenvalue weighted by molar-refractivity contribution is 0.107. The predicted octanol–water partition coefficient (Wildman–Crippen LogP) is 3.84. The van der Waals surface area contributed by atoms with Crippen LogP contribution in [0.25, 0.3) is 10.9 Å². The number of nitrogens with zero attached hydrogens (tertiary/aromatic N) is 1. The number of aromatic amines is 1. The maximum atomic E-state index is 12.5. The van der Waals surface area contributed by atoms with Crippen molar-refractivity contribution in [2.24, 2.45) is 4.99 Å². The van der Waals surface area contributed by atoms with Gasteiger partial charge in [-0.3, -0.25) is 4.79 Å². The smallest absolute Gasteiger partial charge is 0.217 e. The Morgan fingerprint density at radius 1 is 1.24 bits per heavy atom. The molecule has 0 saturated heterocycles. The summed E-state index contributed by atoms with van der Waals surface area (Å²) in [6.45, 7) is 0. The van der Waals surface area contributed by atoms with Crippen molar-refractivity contribution in [1.29, 1.82) is 0 Å². The van der Waals surface area contributed by atoms with Gasteiger partial charge in [-0.15, -0.1) is 0 Å². The van der Waals surface area contributed by atoms with Crippen LogP contribution in [0.15, 0.2) is 47.4 Å². The topological polar surface area (TPSA) is 65.5 Å².